The summed E-state index contributed by atoms with van der Waals surface area (Å²) in [6.45, 7) is 4.35. The molecule has 0 radical (unpaired) electrons. The highest BCUT2D eigenvalue weighted by Gasteiger charge is 2.07. The van der Waals surface area contributed by atoms with Crippen molar-refractivity contribution in [3.63, 3.8) is 0 Å². The van der Waals surface area contributed by atoms with Crippen LogP contribution in [0.3, 0.4) is 0 Å². The number of nitrogens with zero attached hydrogens (tertiary/aromatic N) is 2. The van der Waals surface area contributed by atoms with E-state index >= 15 is 0 Å². The third-order valence-corrected chi connectivity index (χ3v) is 3.11. The molecule has 4 nitrogen and oxygen atoms in total. The molecule has 0 aliphatic rings. The molecule has 0 fully saturated rings. The Balaban J connectivity index is 2.36. The average molecular weight is 308 g/mol. The molecule has 94 valence electrons. The van der Waals surface area contributed by atoms with Crippen LogP contribution in [-0.2, 0) is 0 Å². The quantitative estimate of drug-likeness (QED) is 0.862. The van der Waals surface area contributed by atoms with Gasteiger partial charge < -0.3 is 10.1 Å². The molecular weight excluding hydrogens is 294 g/mol. The Morgan fingerprint density at radius 1 is 1.56 bits per heavy atom. The number of ether oxygens (including phenoxy) is 1. The molecule has 1 aromatic heterocycles. The lowest BCUT2D eigenvalue weighted by atomic mass is 10.3. The number of hydrogen-bond acceptors (Lipinski definition) is 3. The minimum Gasteiger partial charge on any atom is -0.495 e. The topological polar surface area (TPSA) is 39.1 Å². The molecule has 0 unspecified atom stereocenters. The van der Waals surface area contributed by atoms with E-state index in [2.05, 4.69) is 32.8 Å². The van der Waals surface area contributed by atoms with Gasteiger partial charge in [0.1, 0.15) is 5.75 Å². The van der Waals surface area contributed by atoms with Crippen molar-refractivity contribution in [3.8, 4) is 11.4 Å². The van der Waals surface area contributed by atoms with E-state index in [0.717, 1.165) is 21.9 Å². The lowest BCUT2D eigenvalue weighted by molar-refractivity contribution is 0.412. The standard InChI is InChI=1S/C13H14BrN3O/c1-3-6-15-13-16-7-8-17(13)10-4-5-11(14)12(9-10)18-2/h3-5,7-9H,1,6H2,2H3,(H,15,16). The molecule has 2 rings (SSSR count). The highest BCUT2D eigenvalue weighted by molar-refractivity contribution is 9.10. The van der Waals surface area contributed by atoms with E-state index in [9.17, 15) is 0 Å². The number of nitrogens with one attached hydrogen (secondary N) is 1. The zero-order chi connectivity index (χ0) is 13.0. The molecule has 0 saturated heterocycles. The maximum absolute atomic E-state index is 5.29. The van der Waals surface area contributed by atoms with Crippen molar-refractivity contribution in [2.24, 2.45) is 0 Å². The smallest absolute Gasteiger partial charge is 0.207 e. The van der Waals surface area contributed by atoms with Gasteiger partial charge in [-0.2, -0.15) is 0 Å². The number of halogens is 1. The van der Waals surface area contributed by atoms with Crippen molar-refractivity contribution in [1.82, 2.24) is 9.55 Å². The summed E-state index contributed by atoms with van der Waals surface area (Å²) in [6, 6.07) is 5.89. The fourth-order valence-electron chi connectivity index (χ4n) is 1.60. The summed E-state index contributed by atoms with van der Waals surface area (Å²) in [5, 5.41) is 3.17. The van der Waals surface area contributed by atoms with Crippen molar-refractivity contribution in [2.75, 3.05) is 19.0 Å². The molecule has 0 saturated carbocycles. The van der Waals surface area contributed by atoms with Crippen molar-refractivity contribution < 1.29 is 4.74 Å². The van der Waals surface area contributed by atoms with Crippen molar-refractivity contribution in [1.29, 1.82) is 0 Å². The zero-order valence-electron chi connectivity index (χ0n) is 10.1. The summed E-state index contributed by atoms with van der Waals surface area (Å²) in [4.78, 5) is 4.26. The van der Waals surface area contributed by atoms with Crippen LogP contribution in [0.2, 0.25) is 0 Å². The molecule has 1 N–H and O–H groups in total. The van der Waals surface area contributed by atoms with Crippen molar-refractivity contribution >= 4 is 21.9 Å². The lowest BCUT2D eigenvalue weighted by Crippen LogP contribution is -2.05. The number of aromatic nitrogens is 2. The van der Waals surface area contributed by atoms with Crippen LogP contribution in [0, 0.1) is 0 Å². The molecule has 5 heteroatoms. The van der Waals surface area contributed by atoms with Crippen molar-refractivity contribution in [3.05, 3.63) is 47.7 Å². The number of methoxy groups -OCH3 is 1. The maximum atomic E-state index is 5.29. The predicted molar refractivity (Wildman–Crippen MR) is 76.5 cm³/mol. The lowest BCUT2D eigenvalue weighted by Gasteiger charge is -2.10. The van der Waals surface area contributed by atoms with Gasteiger partial charge in [-0.25, -0.2) is 4.98 Å². The van der Waals surface area contributed by atoms with E-state index in [1.807, 2.05) is 29.0 Å². The SMILES string of the molecule is C=CCNc1nccn1-c1ccc(Br)c(OC)c1. The summed E-state index contributed by atoms with van der Waals surface area (Å²) in [5.74, 6) is 1.56. The summed E-state index contributed by atoms with van der Waals surface area (Å²) in [6.07, 6.45) is 5.44. The Kier molecular flexibility index (Phi) is 4.04. The summed E-state index contributed by atoms with van der Waals surface area (Å²) < 4.78 is 8.17. The Morgan fingerprint density at radius 2 is 2.39 bits per heavy atom. The number of benzene rings is 1. The van der Waals surface area contributed by atoms with E-state index < -0.39 is 0 Å². The first-order chi connectivity index (χ1) is 8.76. The van der Waals surface area contributed by atoms with Gasteiger partial charge in [-0.3, -0.25) is 4.57 Å². The van der Waals surface area contributed by atoms with Crippen LogP contribution in [-0.4, -0.2) is 23.2 Å². The molecular formula is C13H14BrN3O. The molecule has 1 heterocycles. The van der Waals surface area contributed by atoms with Crippen LogP contribution < -0.4 is 10.1 Å². The molecule has 1 aromatic carbocycles. The molecule has 18 heavy (non-hydrogen) atoms. The van der Waals surface area contributed by atoms with Gasteiger partial charge in [-0.1, -0.05) is 6.08 Å². The monoisotopic (exact) mass is 307 g/mol. The van der Waals surface area contributed by atoms with Gasteiger partial charge >= 0.3 is 0 Å². The minimum atomic E-state index is 0.671. The Hall–Kier alpha value is -1.75. The minimum absolute atomic E-state index is 0.671. The Labute approximate surface area is 114 Å². The third kappa shape index (κ3) is 2.56. The normalized spacial score (nSPS) is 10.1. The first kappa shape index (κ1) is 12.7. The molecule has 0 aliphatic heterocycles. The maximum Gasteiger partial charge on any atom is 0.207 e. The van der Waals surface area contributed by atoms with E-state index in [4.69, 9.17) is 4.74 Å². The van der Waals surface area contributed by atoms with Crippen LogP contribution in [0.1, 0.15) is 0 Å². The molecule has 0 aliphatic carbocycles. The second kappa shape index (κ2) is 5.73. The second-order valence-electron chi connectivity index (χ2n) is 3.61. The van der Waals surface area contributed by atoms with Crippen LogP contribution in [0.15, 0.2) is 47.7 Å². The van der Waals surface area contributed by atoms with E-state index in [1.165, 1.54) is 0 Å². The van der Waals surface area contributed by atoms with Crippen molar-refractivity contribution in [2.45, 2.75) is 0 Å². The first-order valence-corrected chi connectivity index (χ1v) is 6.27. The largest absolute Gasteiger partial charge is 0.495 e. The zero-order valence-corrected chi connectivity index (χ0v) is 11.6. The fraction of sp³-hybridized carbons (Fsp3) is 0.154. The van der Waals surface area contributed by atoms with Gasteiger partial charge in [-0.15, -0.1) is 6.58 Å². The highest BCUT2D eigenvalue weighted by Crippen LogP contribution is 2.28. The predicted octanol–water partition coefficient (Wildman–Crippen LogP) is 3.24. The number of imidazole rings is 1. The Bertz CT molecular complexity index is 551. The van der Waals surface area contributed by atoms with Gasteiger partial charge in [0.2, 0.25) is 5.95 Å². The summed E-state index contributed by atoms with van der Waals surface area (Å²) in [5.41, 5.74) is 0.985. The summed E-state index contributed by atoms with van der Waals surface area (Å²) >= 11 is 3.44. The first-order valence-electron chi connectivity index (χ1n) is 5.48. The van der Waals surface area contributed by atoms with Crippen LogP contribution in [0.5, 0.6) is 5.75 Å². The van der Waals surface area contributed by atoms with Gasteiger partial charge in [-0.05, 0) is 28.1 Å². The third-order valence-electron chi connectivity index (χ3n) is 2.46. The van der Waals surface area contributed by atoms with E-state index in [-0.39, 0.29) is 0 Å². The van der Waals surface area contributed by atoms with Crippen LogP contribution in [0.25, 0.3) is 5.69 Å². The number of rotatable bonds is 5. The number of hydrogen-bond donors (Lipinski definition) is 1. The number of anilines is 1. The average Bonchev–Trinajstić information content (AvgIpc) is 2.85. The molecule has 0 atom stereocenters. The summed E-state index contributed by atoms with van der Waals surface area (Å²) in [7, 11) is 1.65. The second-order valence-corrected chi connectivity index (χ2v) is 4.46. The van der Waals surface area contributed by atoms with E-state index in [1.54, 1.807) is 19.4 Å². The molecule has 0 amide bonds. The highest BCUT2D eigenvalue weighted by atomic mass is 79.9. The van der Waals surface area contributed by atoms with E-state index in [0.29, 0.717) is 6.54 Å². The molecule has 0 bridgehead atoms. The Morgan fingerprint density at radius 3 is 3.11 bits per heavy atom. The van der Waals surface area contributed by atoms with Gasteiger partial charge in [0.05, 0.1) is 17.3 Å². The molecule has 2 aromatic rings. The van der Waals surface area contributed by atoms with Crippen LogP contribution >= 0.6 is 15.9 Å². The van der Waals surface area contributed by atoms with Gasteiger partial charge in [0.25, 0.3) is 0 Å². The van der Waals surface area contributed by atoms with Gasteiger partial charge in [0, 0.05) is 25.0 Å². The fourth-order valence-corrected chi connectivity index (χ4v) is 2.01. The molecule has 0 spiro atoms. The van der Waals surface area contributed by atoms with Gasteiger partial charge in [0.15, 0.2) is 0 Å². The van der Waals surface area contributed by atoms with Crippen LogP contribution in [0.4, 0.5) is 5.95 Å².